The Morgan fingerprint density at radius 1 is 1.23 bits per heavy atom. The summed E-state index contributed by atoms with van der Waals surface area (Å²) in [4.78, 5) is 27.5. The highest BCUT2D eigenvalue weighted by Crippen LogP contribution is 2.19. The van der Waals surface area contributed by atoms with Crippen LogP contribution in [0, 0.1) is 0 Å². The lowest BCUT2D eigenvalue weighted by Gasteiger charge is -2.25. The van der Waals surface area contributed by atoms with Crippen LogP contribution in [0.5, 0.6) is 0 Å². The summed E-state index contributed by atoms with van der Waals surface area (Å²) in [7, 11) is 2.06. The molecule has 0 aromatic heterocycles. The Morgan fingerprint density at radius 3 is 2.41 bits per heavy atom. The molecule has 1 aliphatic rings. The third-order valence-electron chi connectivity index (χ3n) is 4.28. The van der Waals surface area contributed by atoms with Crippen molar-refractivity contribution in [2.45, 2.75) is 38.8 Å². The number of nitrogens with zero attached hydrogens (tertiary/aromatic N) is 2. The molecule has 1 saturated heterocycles. The zero-order valence-electron chi connectivity index (χ0n) is 13.8. The van der Waals surface area contributed by atoms with E-state index in [4.69, 9.17) is 0 Å². The van der Waals surface area contributed by atoms with Gasteiger partial charge in [0.2, 0.25) is 0 Å². The molecule has 22 heavy (non-hydrogen) atoms. The van der Waals surface area contributed by atoms with Crippen molar-refractivity contribution in [2.75, 3.05) is 20.1 Å². The maximum absolute atomic E-state index is 12.1. The first-order valence-electron chi connectivity index (χ1n) is 7.72. The predicted octanol–water partition coefficient (Wildman–Crippen LogP) is 2.40. The quantitative estimate of drug-likeness (QED) is 0.821. The van der Waals surface area contributed by atoms with E-state index in [0.717, 1.165) is 13.0 Å². The summed E-state index contributed by atoms with van der Waals surface area (Å²) in [5.74, 6) is -0.142. The van der Waals surface area contributed by atoms with Crippen molar-refractivity contribution in [3.05, 3.63) is 35.9 Å². The van der Waals surface area contributed by atoms with Gasteiger partial charge in [-0.25, -0.2) is 4.79 Å². The number of rotatable bonds is 6. The summed E-state index contributed by atoms with van der Waals surface area (Å²) in [6, 6.07) is 10.3. The normalized spacial score (nSPS) is 18.7. The maximum atomic E-state index is 12.1. The SMILES string of the molecule is CC(c1ccccc1)N(C)CCCN1C(=O)NC(C)(C)C1=O. The van der Waals surface area contributed by atoms with Gasteiger partial charge < -0.3 is 5.32 Å². The largest absolute Gasteiger partial charge is 0.325 e. The first kappa shape index (κ1) is 16.5. The molecule has 0 saturated carbocycles. The van der Waals surface area contributed by atoms with Crippen LogP contribution >= 0.6 is 0 Å². The number of carbonyl (C=O) groups excluding carboxylic acids is 2. The van der Waals surface area contributed by atoms with E-state index in [2.05, 4.69) is 36.3 Å². The molecule has 3 amide bonds. The van der Waals surface area contributed by atoms with Gasteiger partial charge in [0.15, 0.2) is 0 Å². The van der Waals surface area contributed by atoms with Crippen molar-refractivity contribution >= 4 is 11.9 Å². The first-order valence-corrected chi connectivity index (χ1v) is 7.72. The molecule has 0 radical (unpaired) electrons. The summed E-state index contributed by atoms with van der Waals surface area (Å²) in [6.07, 6.45) is 0.767. The number of benzene rings is 1. The zero-order chi connectivity index (χ0) is 16.3. The lowest BCUT2D eigenvalue weighted by Crippen LogP contribution is -2.40. The second kappa shape index (κ2) is 6.48. The minimum Gasteiger partial charge on any atom is -0.324 e. The number of hydrogen-bond acceptors (Lipinski definition) is 3. The molecular formula is C17H25N3O2. The third kappa shape index (κ3) is 3.47. The molecule has 1 aliphatic heterocycles. The van der Waals surface area contributed by atoms with E-state index in [-0.39, 0.29) is 11.9 Å². The van der Waals surface area contributed by atoms with Gasteiger partial charge in [-0.05, 0) is 39.8 Å². The summed E-state index contributed by atoms with van der Waals surface area (Å²) in [6.45, 7) is 6.91. The van der Waals surface area contributed by atoms with Crippen molar-refractivity contribution in [1.29, 1.82) is 0 Å². The predicted molar refractivity (Wildman–Crippen MR) is 86.4 cm³/mol. The zero-order valence-corrected chi connectivity index (χ0v) is 13.8. The molecule has 1 heterocycles. The number of hydrogen-bond donors (Lipinski definition) is 1. The fourth-order valence-corrected chi connectivity index (χ4v) is 2.68. The monoisotopic (exact) mass is 303 g/mol. The Balaban J connectivity index is 1.84. The molecule has 1 aromatic carbocycles. The molecule has 1 N–H and O–H groups in total. The Kier molecular flexibility index (Phi) is 4.86. The smallest absolute Gasteiger partial charge is 0.324 e. The van der Waals surface area contributed by atoms with Crippen LogP contribution in [0.2, 0.25) is 0 Å². The standard InChI is InChI=1S/C17H25N3O2/c1-13(14-9-6-5-7-10-14)19(4)11-8-12-20-15(21)17(2,3)18-16(20)22/h5-7,9-10,13H,8,11-12H2,1-4H3,(H,18,22). The lowest BCUT2D eigenvalue weighted by molar-refractivity contribution is -0.130. The molecule has 0 spiro atoms. The summed E-state index contributed by atoms with van der Waals surface area (Å²) < 4.78 is 0. The number of urea groups is 1. The fourth-order valence-electron chi connectivity index (χ4n) is 2.68. The second-order valence-electron chi connectivity index (χ2n) is 6.43. The average Bonchev–Trinajstić information content (AvgIpc) is 2.68. The van der Waals surface area contributed by atoms with Crippen LogP contribution < -0.4 is 5.32 Å². The first-order chi connectivity index (χ1) is 10.3. The molecule has 120 valence electrons. The minimum absolute atomic E-state index is 0.142. The average molecular weight is 303 g/mol. The Morgan fingerprint density at radius 2 is 1.86 bits per heavy atom. The molecule has 1 unspecified atom stereocenters. The Labute approximate surface area is 132 Å². The minimum atomic E-state index is -0.777. The molecule has 5 nitrogen and oxygen atoms in total. The van der Waals surface area contributed by atoms with E-state index in [1.165, 1.54) is 10.5 Å². The number of nitrogens with one attached hydrogen (secondary N) is 1. The maximum Gasteiger partial charge on any atom is 0.325 e. The molecule has 0 bridgehead atoms. The van der Waals surface area contributed by atoms with Crippen LogP contribution in [0.25, 0.3) is 0 Å². The van der Waals surface area contributed by atoms with Crippen molar-refractivity contribution in [1.82, 2.24) is 15.1 Å². The van der Waals surface area contributed by atoms with Crippen molar-refractivity contribution in [2.24, 2.45) is 0 Å². The van der Waals surface area contributed by atoms with Gasteiger partial charge in [0, 0.05) is 19.1 Å². The summed E-state index contributed by atoms with van der Waals surface area (Å²) in [5, 5.41) is 2.70. The molecule has 2 rings (SSSR count). The molecular weight excluding hydrogens is 278 g/mol. The third-order valence-corrected chi connectivity index (χ3v) is 4.28. The van der Waals surface area contributed by atoms with E-state index < -0.39 is 5.54 Å². The number of imide groups is 1. The van der Waals surface area contributed by atoms with E-state index >= 15 is 0 Å². The van der Waals surface area contributed by atoms with Gasteiger partial charge in [0.1, 0.15) is 5.54 Å². The number of amides is 3. The lowest BCUT2D eigenvalue weighted by atomic mass is 10.1. The van der Waals surface area contributed by atoms with Crippen LogP contribution in [-0.2, 0) is 4.79 Å². The van der Waals surface area contributed by atoms with Crippen LogP contribution in [-0.4, -0.2) is 47.4 Å². The van der Waals surface area contributed by atoms with Gasteiger partial charge in [0.05, 0.1) is 0 Å². The van der Waals surface area contributed by atoms with Crippen LogP contribution in [0.4, 0.5) is 4.79 Å². The molecule has 1 atom stereocenters. The molecule has 1 fully saturated rings. The topological polar surface area (TPSA) is 52.6 Å². The van der Waals surface area contributed by atoms with Gasteiger partial charge in [-0.1, -0.05) is 30.3 Å². The number of carbonyl (C=O) groups is 2. The van der Waals surface area contributed by atoms with E-state index in [9.17, 15) is 9.59 Å². The Bertz CT molecular complexity index is 542. The highest BCUT2D eigenvalue weighted by Gasteiger charge is 2.43. The van der Waals surface area contributed by atoms with Crippen LogP contribution in [0.3, 0.4) is 0 Å². The fraction of sp³-hybridized carbons (Fsp3) is 0.529. The van der Waals surface area contributed by atoms with E-state index in [0.29, 0.717) is 12.6 Å². The van der Waals surface area contributed by atoms with Gasteiger partial charge in [-0.2, -0.15) is 0 Å². The van der Waals surface area contributed by atoms with E-state index in [1.807, 2.05) is 18.2 Å². The van der Waals surface area contributed by atoms with Gasteiger partial charge >= 0.3 is 6.03 Å². The molecule has 1 aromatic rings. The highest BCUT2D eigenvalue weighted by molar-refractivity contribution is 6.06. The van der Waals surface area contributed by atoms with E-state index in [1.54, 1.807) is 13.8 Å². The summed E-state index contributed by atoms with van der Waals surface area (Å²) >= 11 is 0. The molecule has 0 aliphatic carbocycles. The second-order valence-corrected chi connectivity index (χ2v) is 6.43. The van der Waals surface area contributed by atoms with Gasteiger partial charge in [0.25, 0.3) is 5.91 Å². The van der Waals surface area contributed by atoms with Gasteiger partial charge in [-0.3, -0.25) is 14.6 Å². The van der Waals surface area contributed by atoms with Crippen molar-refractivity contribution in [3.63, 3.8) is 0 Å². The van der Waals surface area contributed by atoms with Crippen LogP contribution in [0.15, 0.2) is 30.3 Å². The molecule has 5 heteroatoms. The van der Waals surface area contributed by atoms with Crippen LogP contribution in [0.1, 0.15) is 38.8 Å². The summed E-state index contributed by atoms with van der Waals surface area (Å²) in [5.41, 5.74) is 0.487. The van der Waals surface area contributed by atoms with Gasteiger partial charge in [-0.15, -0.1) is 0 Å². The van der Waals surface area contributed by atoms with Crippen molar-refractivity contribution < 1.29 is 9.59 Å². The Hall–Kier alpha value is -1.88. The van der Waals surface area contributed by atoms with Crippen molar-refractivity contribution in [3.8, 4) is 0 Å². The highest BCUT2D eigenvalue weighted by atomic mass is 16.2.